The summed E-state index contributed by atoms with van der Waals surface area (Å²) >= 11 is 0. The lowest BCUT2D eigenvalue weighted by Crippen LogP contribution is -2.29. The number of ether oxygens (including phenoxy) is 1. The van der Waals surface area contributed by atoms with Crippen LogP contribution in [0.1, 0.15) is 24.9 Å². The van der Waals surface area contributed by atoms with Crippen molar-refractivity contribution >= 4 is 17.7 Å². The summed E-state index contributed by atoms with van der Waals surface area (Å²) in [7, 11) is 0. The first-order valence-electron chi connectivity index (χ1n) is 5.83. The van der Waals surface area contributed by atoms with Gasteiger partial charge in [0.2, 0.25) is 0 Å². The average Bonchev–Trinajstić information content (AvgIpc) is 2.38. The van der Waals surface area contributed by atoms with Gasteiger partial charge in [-0.2, -0.15) is 0 Å². The van der Waals surface area contributed by atoms with Crippen molar-refractivity contribution in [1.82, 2.24) is 5.32 Å². The maximum Gasteiger partial charge on any atom is 0.405 e. The average molecular weight is 282 g/mol. The van der Waals surface area contributed by atoms with Crippen LogP contribution in [0.15, 0.2) is 24.3 Å². The zero-order chi connectivity index (χ0) is 15.1. The lowest BCUT2D eigenvalue weighted by Gasteiger charge is -2.16. The predicted molar refractivity (Wildman–Crippen MR) is 68.2 cm³/mol. The van der Waals surface area contributed by atoms with Crippen molar-refractivity contribution in [3.63, 3.8) is 0 Å². The van der Waals surface area contributed by atoms with Crippen LogP contribution in [0.2, 0.25) is 0 Å². The van der Waals surface area contributed by atoms with Crippen molar-refractivity contribution in [1.29, 1.82) is 0 Å². The molecule has 0 aliphatic carbocycles. The van der Waals surface area contributed by atoms with Gasteiger partial charge in [0.25, 0.3) is 5.69 Å². The molecule has 0 fully saturated rings. The summed E-state index contributed by atoms with van der Waals surface area (Å²) in [6.45, 7) is 1.80. The number of esters is 1. The van der Waals surface area contributed by atoms with Crippen molar-refractivity contribution in [3.05, 3.63) is 39.9 Å². The van der Waals surface area contributed by atoms with E-state index in [9.17, 15) is 19.7 Å². The first kappa shape index (κ1) is 15.4. The molecule has 0 aliphatic heterocycles. The van der Waals surface area contributed by atoms with E-state index in [-0.39, 0.29) is 18.7 Å². The van der Waals surface area contributed by atoms with Crippen LogP contribution in [0.3, 0.4) is 0 Å². The molecule has 0 aliphatic rings. The molecule has 0 aromatic heterocycles. The van der Waals surface area contributed by atoms with Crippen LogP contribution in [0.25, 0.3) is 0 Å². The van der Waals surface area contributed by atoms with E-state index in [1.54, 1.807) is 6.92 Å². The summed E-state index contributed by atoms with van der Waals surface area (Å²) in [6, 6.07) is 4.54. The molecule has 0 saturated carbocycles. The highest BCUT2D eigenvalue weighted by Crippen LogP contribution is 2.22. The van der Waals surface area contributed by atoms with E-state index in [0.29, 0.717) is 5.56 Å². The zero-order valence-electron chi connectivity index (χ0n) is 10.7. The van der Waals surface area contributed by atoms with Crippen molar-refractivity contribution in [2.24, 2.45) is 0 Å². The van der Waals surface area contributed by atoms with Gasteiger partial charge < -0.3 is 15.2 Å². The molecule has 0 bridgehead atoms. The van der Waals surface area contributed by atoms with Crippen molar-refractivity contribution < 1.29 is 24.4 Å². The number of non-ortho nitro benzene ring substituents is 1. The molecule has 1 aromatic carbocycles. The third kappa shape index (κ3) is 4.56. The van der Waals surface area contributed by atoms with Gasteiger partial charge >= 0.3 is 12.1 Å². The number of nitro groups is 1. The number of carboxylic acid groups (broad SMARTS) is 1. The number of carbonyl (C=O) groups is 2. The van der Waals surface area contributed by atoms with Gasteiger partial charge in [-0.05, 0) is 12.5 Å². The minimum atomic E-state index is -1.33. The van der Waals surface area contributed by atoms with Crippen LogP contribution in [0, 0.1) is 10.1 Å². The zero-order valence-corrected chi connectivity index (χ0v) is 10.7. The summed E-state index contributed by atoms with van der Waals surface area (Å²) in [4.78, 5) is 32.3. The van der Waals surface area contributed by atoms with Gasteiger partial charge in [-0.15, -0.1) is 0 Å². The maximum absolute atomic E-state index is 11.4. The highest BCUT2D eigenvalue weighted by molar-refractivity contribution is 5.72. The molecule has 1 aromatic rings. The molecule has 0 heterocycles. The first-order chi connectivity index (χ1) is 9.43. The number of carbonyl (C=O) groups excluding carboxylic acids is 1. The first-order valence-corrected chi connectivity index (χ1v) is 5.83. The van der Waals surface area contributed by atoms with Crippen LogP contribution in [-0.2, 0) is 9.53 Å². The molecular formula is C12H14N2O6. The number of amides is 1. The Morgan fingerprint density at radius 2 is 2.20 bits per heavy atom. The Hall–Kier alpha value is -2.64. The number of hydrogen-bond acceptors (Lipinski definition) is 5. The fourth-order valence-corrected chi connectivity index (χ4v) is 1.64. The second kappa shape index (κ2) is 7.07. The van der Waals surface area contributed by atoms with Crippen molar-refractivity contribution in [2.45, 2.75) is 19.4 Å². The summed E-state index contributed by atoms with van der Waals surface area (Å²) in [6.07, 6.45) is -1.56. The normalized spacial score (nSPS) is 11.4. The van der Waals surface area contributed by atoms with E-state index in [0.717, 1.165) is 0 Å². The van der Waals surface area contributed by atoms with E-state index in [2.05, 4.69) is 5.32 Å². The summed E-state index contributed by atoms with van der Waals surface area (Å²) in [5.41, 5.74) is 0.151. The Morgan fingerprint density at radius 3 is 2.75 bits per heavy atom. The molecule has 20 heavy (non-hydrogen) atoms. The Labute approximate surface area is 114 Å². The third-order valence-corrected chi connectivity index (χ3v) is 2.46. The summed E-state index contributed by atoms with van der Waals surface area (Å²) < 4.78 is 4.75. The van der Waals surface area contributed by atoms with Crippen LogP contribution in [-0.4, -0.2) is 28.7 Å². The molecule has 1 unspecified atom stereocenters. The molecular weight excluding hydrogens is 268 g/mol. The van der Waals surface area contributed by atoms with Gasteiger partial charge in [0.1, 0.15) is 0 Å². The molecule has 0 radical (unpaired) electrons. The SMILES string of the molecule is CCOC(=O)CC(NC(=O)O)c1cccc([N+](=O)[O-])c1. The molecule has 0 saturated heterocycles. The van der Waals surface area contributed by atoms with Crippen LogP contribution < -0.4 is 5.32 Å². The molecule has 108 valence electrons. The maximum atomic E-state index is 11.4. The lowest BCUT2D eigenvalue weighted by molar-refractivity contribution is -0.384. The quantitative estimate of drug-likeness (QED) is 0.467. The highest BCUT2D eigenvalue weighted by Gasteiger charge is 2.20. The molecule has 0 spiro atoms. The monoisotopic (exact) mass is 282 g/mol. The molecule has 1 rings (SSSR count). The topological polar surface area (TPSA) is 119 Å². The van der Waals surface area contributed by atoms with Gasteiger partial charge in [0, 0.05) is 12.1 Å². The van der Waals surface area contributed by atoms with E-state index >= 15 is 0 Å². The van der Waals surface area contributed by atoms with E-state index in [1.807, 2.05) is 0 Å². The smallest absolute Gasteiger partial charge is 0.405 e. The second-order valence-corrected chi connectivity index (χ2v) is 3.86. The molecule has 2 N–H and O–H groups in total. The predicted octanol–water partition coefficient (Wildman–Crippen LogP) is 1.86. The van der Waals surface area contributed by atoms with Crippen LogP contribution in [0.4, 0.5) is 10.5 Å². The number of rotatable bonds is 6. The standard InChI is InChI=1S/C12H14N2O6/c1-2-20-11(15)7-10(13-12(16)17)8-4-3-5-9(6-8)14(18)19/h3-6,10,13H,2,7H2,1H3,(H,16,17). The molecule has 8 heteroatoms. The second-order valence-electron chi connectivity index (χ2n) is 3.86. The molecule has 1 amide bonds. The number of benzene rings is 1. The summed E-state index contributed by atoms with van der Waals surface area (Å²) in [5.74, 6) is -0.585. The highest BCUT2D eigenvalue weighted by atomic mass is 16.6. The molecule has 8 nitrogen and oxygen atoms in total. The van der Waals surface area contributed by atoms with Gasteiger partial charge in [-0.25, -0.2) is 4.79 Å². The van der Waals surface area contributed by atoms with Gasteiger partial charge in [0.05, 0.1) is 24.0 Å². The molecule has 1 atom stereocenters. The van der Waals surface area contributed by atoms with E-state index in [1.165, 1.54) is 24.3 Å². The minimum absolute atomic E-state index is 0.174. The van der Waals surface area contributed by atoms with E-state index in [4.69, 9.17) is 9.84 Å². The minimum Gasteiger partial charge on any atom is -0.466 e. The Bertz CT molecular complexity index is 516. The van der Waals surface area contributed by atoms with Gasteiger partial charge in [-0.3, -0.25) is 14.9 Å². The Balaban J connectivity index is 2.97. The summed E-state index contributed by atoms with van der Waals surface area (Å²) in [5, 5.41) is 21.6. The van der Waals surface area contributed by atoms with Gasteiger partial charge in [-0.1, -0.05) is 12.1 Å². The van der Waals surface area contributed by atoms with Gasteiger partial charge in [0.15, 0.2) is 0 Å². The fraction of sp³-hybridized carbons (Fsp3) is 0.333. The lowest BCUT2D eigenvalue weighted by atomic mass is 10.0. The Kier molecular flexibility index (Phi) is 5.45. The number of nitro benzene ring substituents is 1. The number of hydrogen-bond donors (Lipinski definition) is 2. The third-order valence-electron chi connectivity index (χ3n) is 2.46. The van der Waals surface area contributed by atoms with Crippen LogP contribution in [0.5, 0.6) is 0 Å². The largest absolute Gasteiger partial charge is 0.466 e. The fourth-order valence-electron chi connectivity index (χ4n) is 1.64. The van der Waals surface area contributed by atoms with Crippen molar-refractivity contribution in [2.75, 3.05) is 6.61 Å². The number of nitrogens with one attached hydrogen (secondary N) is 1. The Morgan fingerprint density at radius 1 is 1.50 bits per heavy atom. The van der Waals surface area contributed by atoms with Crippen LogP contribution >= 0.6 is 0 Å². The van der Waals surface area contributed by atoms with Crippen molar-refractivity contribution in [3.8, 4) is 0 Å². The van der Waals surface area contributed by atoms with E-state index < -0.39 is 23.0 Å². The number of nitrogens with zero attached hydrogens (tertiary/aromatic N) is 1.